The topological polar surface area (TPSA) is 57.7 Å². The van der Waals surface area contributed by atoms with Crippen molar-refractivity contribution in [3.8, 4) is 11.5 Å². The number of nitrogens with zero attached hydrogens (tertiary/aromatic N) is 1. The number of hydrogen-bond acceptors (Lipinski definition) is 5. The third-order valence-corrected chi connectivity index (χ3v) is 8.01. The molecule has 0 aliphatic carbocycles. The molecule has 0 saturated carbocycles. The summed E-state index contributed by atoms with van der Waals surface area (Å²) < 4.78 is 12.6. The van der Waals surface area contributed by atoms with Crippen molar-refractivity contribution in [3.63, 3.8) is 0 Å². The van der Waals surface area contributed by atoms with Gasteiger partial charge in [-0.1, -0.05) is 6.07 Å². The van der Waals surface area contributed by atoms with Crippen molar-refractivity contribution in [1.82, 2.24) is 9.88 Å². The molecule has 2 aromatic heterocycles. The predicted molar refractivity (Wildman–Crippen MR) is 131 cm³/mol. The van der Waals surface area contributed by atoms with Crippen LogP contribution in [-0.4, -0.2) is 54.4 Å². The highest BCUT2D eigenvalue weighted by Gasteiger charge is 2.25. The van der Waals surface area contributed by atoms with Crippen LogP contribution in [0.25, 0.3) is 21.0 Å². The van der Waals surface area contributed by atoms with Crippen LogP contribution in [-0.2, 0) is 0 Å². The lowest BCUT2D eigenvalue weighted by molar-refractivity contribution is 0.0600. The summed E-state index contributed by atoms with van der Waals surface area (Å²) in [5.74, 6) is 2.33. The van der Waals surface area contributed by atoms with Gasteiger partial charge in [-0.25, -0.2) is 0 Å². The average Bonchev–Trinajstić information content (AvgIpc) is 3.43. The number of aryl methyl sites for hydroxylation is 1. The van der Waals surface area contributed by atoms with Gasteiger partial charge in [0.25, 0.3) is 0 Å². The largest absolute Gasteiger partial charge is 0.497 e. The number of H-pyrrole nitrogens is 1. The lowest BCUT2D eigenvalue weighted by Crippen LogP contribution is -2.40. The van der Waals surface area contributed by atoms with Crippen LogP contribution in [0, 0.1) is 6.92 Å². The molecule has 4 aromatic rings. The Bertz CT molecular complexity index is 1210. The maximum absolute atomic E-state index is 10.6. The summed E-state index contributed by atoms with van der Waals surface area (Å²) in [6, 6.07) is 14.3. The van der Waals surface area contributed by atoms with Crippen molar-refractivity contribution in [2.75, 3.05) is 33.4 Å². The minimum Gasteiger partial charge on any atom is -0.497 e. The number of fused-ring (bicyclic) bond motifs is 2. The van der Waals surface area contributed by atoms with E-state index in [2.05, 4.69) is 35.0 Å². The molecule has 2 N–H and O–H groups in total. The van der Waals surface area contributed by atoms with Crippen LogP contribution in [0.1, 0.15) is 29.2 Å². The molecule has 0 amide bonds. The first-order valence-corrected chi connectivity index (χ1v) is 12.1. The number of piperidine rings is 1. The number of aromatic nitrogens is 1. The molecule has 1 saturated heterocycles. The Morgan fingerprint density at radius 1 is 1.16 bits per heavy atom. The lowest BCUT2D eigenvalue weighted by atomic mass is 9.92. The molecule has 2 aromatic carbocycles. The van der Waals surface area contributed by atoms with Gasteiger partial charge in [-0.15, -0.1) is 11.3 Å². The second-order valence-electron chi connectivity index (χ2n) is 8.69. The van der Waals surface area contributed by atoms with Crippen LogP contribution < -0.4 is 9.47 Å². The molecule has 5 rings (SSSR count). The summed E-state index contributed by atoms with van der Waals surface area (Å²) in [6.45, 7) is 5.22. The number of aliphatic hydroxyl groups excluding tert-OH is 1. The maximum Gasteiger partial charge on any atom is 0.128 e. The normalized spacial score (nSPS) is 16.6. The average molecular weight is 451 g/mol. The smallest absolute Gasteiger partial charge is 0.128 e. The monoisotopic (exact) mass is 450 g/mol. The van der Waals surface area contributed by atoms with Crippen molar-refractivity contribution in [2.45, 2.75) is 31.8 Å². The van der Waals surface area contributed by atoms with Crippen LogP contribution in [0.3, 0.4) is 0 Å². The molecular formula is C26H30N2O3S. The molecule has 0 radical (unpaired) electrons. The SMILES string of the molecule is COc1ccc2c(C)c(C3CCN(C[C@H](O)COc4cccc5[nH]ccc45)CC3)sc2c1. The molecule has 168 valence electrons. The number of aromatic amines is 1. The van der Waals surface area contributed by atoms with Gasteiger partial charge in [0, 0.05) is 33.2 Å². The highest BCUT2D eigenvalue weighted by molar-refractivity contribution is 7.19. The molecule has 0 unspecified atom stereocenters. The third kappa shape index (κ3) is 4.22. The van der Waals surface area contributed by atoms with Gasteiger partial charge in [0.2, 0.25) is 0 Å². The van der Waals surface area contributed by atoms with E-state index in [4.69, 9.17) is 9.47 Å². The second kappa shape index (κ2) is 9.14. The first-order valence-electron chi connectivity index (χ1n) is 11.3. The van der Waals surface area contributed by atoms with E-state index in [0.717, 1.165) is 48.3 Å². The van der Waals surface area contributed by atoms with Crippen LogP contribution in [0.4, 0.5) is 0 Å². The van der Waals surface area contributed by atoms with E-state index in [-0.39, 0.29) is 0 Å². The van der Waals surface area contributed by atoms with Crippen molar-refractivity contribution in [2.24, 2.45) is 0 Å². The molecule has 1 aliphatic rings. The number of ether oxygens (including phenoxy) is 2. The first-order chi connectivity index (χ1) is 15.6. The number of benzene rings is 2. The van der Waals surface area contributed by atoms with Crippen LogP contribution in [0.15, 0.2) is 48.7 Å². The summed E-state index contributed by atoms with van der Waals surface area (Å²) >= 11 is 1.91. The Hall–Kier alpha value is -2.54. The number of hydrogen-bond donors (Lipinski definition) is 2. The highest BCUT2D eigenvalue weighted by atomic mass is 32.1. The fourth-order valence-electron chi connectivity index (χ4n) is 4.84. The Kier molecular flexibility index (Phi) is 6.09. The quantitative estimate of drug-likeness (QED) is 0.400. The van der Waals surface area contributed by atoms with Crippen molar-refractivity contribution in [3.05, 3.63) is 59.1 Å². The minimum absolute atomic E-state index is 0.307. The number of β-amino-alcohol motifs (C(OH)–C–C–N with tert-alkyl or cyclic N) is 1. The summed E-state index contributed by atoms with van der Waals surface area (Å²) in [6.07, 6.45) is 3.66. The Balaban J connectivity index is 1.16. The minimum atomic E-state index is -0.501. The molecule has 0 bridgehead atoms. The van der Waals surface area contributed by atoms with E-state index in [9.17, 15) is 5.11 Å². The number of rotatable bonds is 7. The van der Waals surface area contributed by atoms with Gasteiger partial charge < -0.3 is 24.5 Å². The van der Waals surface area contributed by atoms with Gasteiger partial charge in [0.15, 0.2) is 0 Å². The molecular weight excluding hydrogens is 420 g/mol. The number of thiophene rings is 1. The van der Waals surface area contributed by atoms with E-state index in [1.165, 1.54) is 20.5 Å². The fraction of sp³-hybridized carbons (Fsp3) is 0.385. The van der Waals surface area contributed by atoms with Gasteiger partial charge in [-0.2, -0.15) is 0 Å². The lowest BCUT2D eigenvalue weighted by Gasteiger charge is -2.33. The second-order valence-corrected chi connectivity index (χ2v) is 9.77. The summed E-state index contributed by atoms with van der Waals surface area (Å²) in [5, 5.41) is 13.0. The molecule has 1 aliphatic heterocycles. The number of likely N-dealkylation sites (tertiary alicyclic amines) is 1. The fourth-order valence-corrected chi connectivity index (χ4v) is 6.25. The molecule has 5 nitrogen and oxygen atoms in total. The Morgan fingerprint density at radius 2 is 2.00 bits per heavy atom. The molecule has 6 heteroatoms. The van der Waals surface area contributed by atoms with Crippen molar-refractivity contribution < 1.29 is 14.6 Å². The van der Waals surface area contributed by atoms with Gasteiger partial charge in [0.1, 0.15) is 24.2 Å². The maximum atomic E-state index is 10.6. The molecule has 1 atom stereocenters. The zero-order valence-corrected chi connectivity index (χ0v) is 19.5. The highest BCUT2D eigenvalue weighted by Crippen LogP contribution is 2.41. The number of methoxy groups -OCH3 is 1. The van der Waals surface area contributed by atoms with E-state index < -0.39 is 6.10 Å². The third-order valence-electron chi connectivity index (χ3n) is 6.60. The summed E-state index contributed by atoms with van der Waals surface area (Å²) in [7, 11) is 1.72. The van der Waals surface area contributed by atoms with Crippen LogP contribution in [0.5, 0.6) is 11.5 Å². The van der Waals surface area contributed by atoms with Crippen molar-refractivity contribution in [1.29, 1.82) is 0 Å². The van der Waals surface area contributed by atoms with Gasteiger partial charge in [-0.3, -0.25) is 0 Å². The van der Waals surface area contributed by atoms with Crippen LogP contribution >= 0.6 is 11.3 Å². The molecule has 0 spiro atoms. The van der Waals surface area contributed by atoms with Gasteiger partial charge in [-0.05, 0) is 86.1 Å². The molecule has 32 heavy (non-hydrogen) atoms. The first kappa shape index (κ1) is 21.3. The van der Waals surface area contributed by atoms with Crippen molar-refractivity contribution >= 4 is 32.3 Å². The molecule has 3 heterocycles. The summed E-state index contributed by atoms with van der Waals surface area (Å²) in [5.41, 5.74) is 2.47. The zero-order valence-electron chi connectivity index (χ0n) is 18.6. The standard InChI is InChI=1S/C26H30N2O3S/c1-17-21-7-6-20(30-2)14-25(21)32-26(17)18-9-12-28(13-10-18)15-19(29)16-31-24-5-3-4-23-22(24)8-11-27-23/h3-8,11,14,18-19,27,29H,9-10,12-13,15-16H2,1-2H3/t19-/m0/s1. The summed E-state index contributed by atoms with van der Waals surface area (Å²) in [4.78, 5) is 7.07. The van der Waals surface area contributed by atoms with Gasteiger partial charge >= 0.3 is 0 Å². The number of aliphatic hydroxyl groups is 1. The van der Waals surface area contributed by atoms with Crippen LogP contribution in [0.2, 0.25) is 0 Å². The zero-order chi connectivity index (χ0) is 22.1. The van der Waals surface area contributed by atoms with E-state index in [1.807, 2.05) is 41.8 Å². The Labute approximate surface area is 192 Å². The Morgan fingerprint density at radius 3 is 2.81 bits per heavy atom. The van der Waals surface area contributed by atoms with E-state index >= 15 is 0 Å². The van der Waals surface area contributed by atoms with Gasteiger partial charge in [0.05, 0.1) is 7.11 Å². The van der Waals surface area contributed by atoms with E-state index in [1.54, 1.807) is 7.11 Å². The predicted octanol–water partition coefficient (Wildman–Crippen LogP) is 5.32. The molecule has 1 fully saturated rings. The number of nitrogens with one attached hydrogen (secondary N) is 1. The van der Waals surface area contributed by atoms with E-state index in [0.29, 0.717) is 19.1 Å².